The molecule has 1 aliphatic carbocycles. The first-order valence-corrected chi connectivity index (χ1v) is 7.68. The van der Waals surface area contributed by atoms with Crippen molar-refractivity contribution in [2.24, 2.45) is 0 Å². The van der Waals surface area contributed by atoms with E-state index in [1.54, 1.807) is 6.07 Å². The zero-order valence-corrected chi connectivity index (χ0v) is 12.3. The van der Waals surface area contributed by atoms with Crippen LogP contribution >= 0.6 is 11.3 Å². The van der Waals surface area contributed by atoms with Gasteiger partial charge in [-0.2, -0.15) is 5.26 Å². The standard InChI is InChI=1S/C16H15N3OS/c17-9-12-11-5-3-7-14(11)21-16(12)19-15(20)8-10-4-1-2-6-13(10)18/h1-2,4,6H,3,5,7-8,18H2,(H,19,20). The molecule has 5 heteroatoms. The van der Waals surface area contributed by atoms with E-state index in [4.69, 9.17) is 5.73 Å². The second-order valence-corrected chi connectivity index (χ2v) is 6.20. The topological polar surface area (TPSA) is 78.9 Å². The zero-order valence-electron chi connectivity index (χ0n) is 11.5. The summed E-state index contributed by atoms with van der Waals surface area (Å²) >= 11 is 1.53. The van der Waals surface area contributed by atoms with Crippen LogP contribution in [0, 0.1) is 11.3 Å². The van der Waals surface area contributed by atoms with Crippen LogP contribution in [0.15, 0.2) is 24.3 Å². The number of nitriles is 1. The van der Waals surface area contributed by atoms with Gasteiger partial charge in [-0.25, -0.2) is 0 Å². The summed E-state index contributed by atoms with van der Waals surface area (Å²) in [6.07, 6.45) is 3.27. The van der Waals surface area contributed by atoms with E-state index in [0.717, 1.165) is 30.4 Å². The maximum atomic E-state index is 12.2. The molecule has 1 amide bonds. The molecule has 1 heterocycles. The molecule has 3 rings (SSSR count). The highest BCUT2D eigenvalue weighted by Crippen LogP contribution is 2.38. The molecule has 0 atom stereocenters. The minimum Gasteiger partial charge on any atom is -0.398 e. The fourth-order valence-electron chi connectivity index (χ4n) is 2.65. The molecule has 21 heavy (non-hydrogen) atoms. The van der Waals surface area contributed by atoms with Crippen LogP contribution in [0.3, 0.4) is 0 Å². The first-order chi connectivity index (χ1) is 10.2. The number of rotatable bonds is 3. The van der Waals surface area contributed by atoms with E-state index in [1.807, 2.05) is 18.2 Å². The predicted octanol–water partition coefficient (Wildman–Crippen LogP) is 2.87. The molecule has 0 radical (unpaired) electrons. The smallest absolute Gasteiger partial charge is 0.229 e. The number of nitrogens with zero attached hydrogens (tertiary/aromatic N) is 1. The molecule has 0 saturated carbocycles. The third-order valence-corrected chi connectivity index (χ3v) is 4.90. The summed E-state index contributed by atoms with van der Waals surface area (Å²) in [5.41, 5.74) is 9.03. The number of anilines is 2. The second kappa shape index (κ2) is 5.58. The van der Waals surface area contributed by atoms with Crippen LogP contribution in [-0.2, 0) is 24.1 Å². The molecule has 0 unspecified atom stereocenters. The SMILES string of the molecule is N#Cc1c(NC(=O)Cc2ccccc2N)sc2c1CCC2. The number of amides is 1. The van der Waals surface area contributed by atoms with Gasteiger partial charge in [0, 0.05) is 10.6 Å². The minimum absolute atomic E-state index is 0.135. The average molecular weight is 297 g/mol. The van der Waals surface area contributed by atoms with Gasteiger partial charge < -0.3 is 11.1 Å². The largest absolute Gasteiger partial charge is 0.398 e. The van der Waals surface area contributed by atoms with Gasteiger partial charge in [-0.05, 0) is 36.5 Å². The van der Waals surface area contributed by atoms with Crippen LogP contribution in [0.4, 0.5) is 10.7 Å². The third kappa shape index (κ3) is 2.63. The average Bonchev–Trinajstić information content (AvgIpc) is 3.01. The Kier molecular flexibility index (Phi) is 3.63. The maximum Gasteiger partial charge on any atom is 0.229 e. The van der Waals surface area contributed by atoms with Crippen molar-refractivity contribution < 1.29 is 4.79 Å². The number of hydrogen-bond donors (Lipinski definition) is 2. The van der Waals surface area contributed by atoms with Gasteiger partial charge in [0.05, 0.1) is 12.0 Å². The quantitative estimate of drug-likeness (QED) is 0.855. The lowest BCUT2D eigenvalue weighted by Crippen LogP contribution is -2.15. The monoisotopic (exact) mass is 297 g/mol. The number of nitrogens with two attached hydrogens (primary N) is 1. The highest BCUT2D eigenvalue weighted by Gasteiger charge is 2.23. The summed E-state index contributed by atoms with van der Waals surface area (Å²) in [6, 6.07) is 9.55. The van der Waals surface area contributed by atoms with Crippen LogP contribution in [0.2, 0.25) is 0 Å². The lowest BCUT2D eigenvalue weighted by atomic mass is 10.1. The Labute approximate surface area is 127 Å². The molecule has 1 aromatic carbocycles. The highest BCUT2D eigenvalue weighted by atomic mass is 32.1. The summed E-state index contributed by atoms with van der Waals surface area (Å²) in [5, 5.41) is 12.9. The number of carbonyl (C=O) groups is 1. The van der Waals surface area contributed by atoms with Gasteiger partial charge in [0.1, 0.15) is 11.1 Å². The molecule has 4 nitrogen and oxygen atoms in total. The lowest BCUT2D eigenvalue weighted by molar-refractivity contribution is -0.115. The Morgan fingerprint density at radius 2 is 2.19 bits per heavy atom. The Hall–Kier alpha value is -2.32. The van der Waals surface area contributed by atoms with Gasteiger partial charge in [0.15, 0.2) is 0 Å². The van der Waals surface area contributed by atoms with Crippen molar-refractivity contribution >= 4 is 27.9 Å². The van der Waals surface area contributed by atoms with Crippen molar-refractivity contribution in [1.29, 1.82) is 5.26 Å². The van der Waals surface area contributed by atoms with E-state index in [0.29, 0.717) is 16.3 Å². The molecule has 0 aliphatic heterocycles. The van der Waals surface area contributed by atoms with E-state index in [1.165, 1.54) is 16.2 Å². The second-order valence-electron chi connectivity index (χ2n) is 5.10. The van der Waals surface area contributed by atoms with Crippen LogP contribution in [0.1, 0.15) is 28.0 Å². The van der Waals surface area contributed by atoms with Gasteiger partial charge >= 0.3 is 0 Å². The van der Waals surface area contributed by atoms with Crippen molar-refractivity contribution in [3.05, 3.63) is 45.8 Å². The van der Waals surface area contributed by atoms with Gasteiger partial charge in [-0.15, -0.1) is 11.3 Å². The van der Waals surface area contributed by atoms with E-state index in [2.05, 4.69) is 11.4 Å². The van der Waals surface area contributed by atoms with Crippen LogP contribution < -0.4 is 11.1 Å². The molecule has 3 N–H and O–H groups in total. The summed E-state index contributed by atoms with van der Waals surface area (Å²) < 4.78 is 0. The summed E-state index contributed by atoms with van der Waals surface area (Å²) in [6.45, 7) is 0. The summed E-state index contributed by atoms with van der Waals surface area (Å²) in [5.74, 6) is -0.135. The lowest BCUT2D eigenvalue weighted by Gasteiger charge is -2.06. The van der Waals surface area contributed by atoms with E-state index >= 15 is 0 Å². The first-order valence-electron chi connectivity index (χ1n) is 6.87. The van der Waals surface area contributed by atoms with Crippen molar-refractivity contribution in [2.45, 2.75) is 25.7 Å². The summed E-state index contributed by atoms with van der Waals surface area (Å²) in [7, 11) is 0. The maximum absolute atomic E-state index is 12.2. The fourth-order valence-corrected chi connectivity index (χ4v) is 3.91. The van der Waals surface area contributed by atoms with Crippen LogP contribution in [0.25, 0.3) is 0 Å². The Balaban J connectivity index is 1.77. The summed E-state index contributed by atoms with van der Waals surface area (Å²) in [4.78, 5) is 13.4. The van der Waals surface area contributed by atoms with E-state index in [9.17, 15) is 10.1 Å². The van der Waals surface area contributed by atoms with Crippen LogP contribution in [0.5, 0.6) is 0 Å². The number of hydrogen-bond acceptors (Lipinski definition) is 4. The van der Waals surface area contributed by atoms with Crippen molar-refractivity contribution in [3.63, 3.8) is 0 Å². The number of fused-ring (bicyclic) bond motifs is 1. The molecular weight excluding hydrogens is 282 g/mol. The number of nitrogen functional groups attached to an aromatic ring is 1. The molecule has 0 bridgehead atoms. The Morgan fingerprint density at radius 3 is 2.95 bits per heavy atom. The zero-order chi connectivity index (χ0) is 14.8. The van der Waals surface area contributed by atoms with Crippen molar-refractivity contribution in [2.75, 3.05) is 11.1 Å². The number of nitrogens with one attached hydrogen (secondary N) is 1. The molecule has 0 fully saturated rings. The number of aryl methyl sites for hydroxylation is 1. The number of carbonyl (C=O) groups excluding carboxylic acids is 1. The van der Waals surface area contributed by atoms with Gasteiger partial charge in [0.25, 0.3) is 0 Å². The highest BCUT2D eigenvalue weighted by molar-refractivity contribution is 7.16. The van der Waals surface area contributed by atoms with Crippen LogP contribution in [-0.4, -0.2) is 5.91 Å². The Morgan fingerprint density at radius 1 is 1.38 bits per heavy atom. The Bertz CT molecular complexity index is 742. The number of para-hydroxylation sites is 1. The number of benzene rings is 1. The molecular formula is C16H15N3OS. The third-order valence-electron chi connectivity index (χ3n) is 3.69. The first kappa shape index (κ1) is 13.7. The fraction of sp³-hybridized carbons (Fsp3) is 0.250. The molecule has 2 aromatic rings. The molecule has 106 valence electrons. The molecule has 0 spiro atoms. The molecule has 1 aliphatic rings. The van der Waals surface area contributed by atoms with Gasteiger partial charge in [0.2, 0.25) is 5.91 Å². The van der Waals surface area contributed by atoms with Crippen molar-refractivity contribution in [1.82, 2.24) is 0 Å². The molecule has 1 aromatic heterocycles. The molecule has 0 saturated heterocycles. The van der Waals surface area contributed by atoms with E-state index in [-0.39, 0.29) is 12.3 Å². The van der Waals surface area contributed by atoms with E-state index < -0.39 is 0 Å². The van der Waals surface area contributed by atoms with Crippen molar-refractivity contribution in [3.8, 4) is 6.07 Å². The van der Waals surface area contributed by atoms with Gasteiger partial charge in [-0.3, -0.25) is 4.79 Å². The predicted molar refractivity (Wildman–Crippen MR) is 84.2 cm³/mol. The number of thiophene rings is 1. The van der Waals surface area contributed by atoms with Gasteiger partial charge in [-0.1, -0.05) is 18.2 Å². The minimum atomic E-state index is -0.135. The normalized spacial score (nSPS) is 12.7.